The molecule has 0 radical (unpaired) electrons. The van der Waals surface area contributed by atoms with Gasteiger partial charge in [-0.25, -0.2) is 14.2 Å². The molecule has 0 aliphatic heterocycles. The molecule has 0 saturated carbocycles. The second-order valence-electron chi connectivity index (χ2n) is 7.66. The molecule has 0 aliphatic rings. The number of aryl methyl sites for hydroxylation is 1. The molecule has 0 bridgehead atoms. The maximum Gasteiger partial charge on any atom is 0.439 e. The fraction of sp³-hybridized carbons (Fsp3) is 0.261. The summed E-state index contributed by atoms with van der Waals surface area (Å²) in [6.45, 7) is 0.134. The maximum atomic E-state index is 15.0. The average molecular weight is 545 g/mol. The summed E-state index contributed by atoms with van der Waals surface area (Å²) in [6.07, 6.45) is -4.93. The van der Waals surface area contributed by atoms with Gasteiger partial charge in [0.25, 0.3) is 0 Å². The number of benzene rings is 2. The Balaban J connectivity index is 1.65. The standard InChI is InChI=1S/C23H17F6N3O4S/c1-3-15(18-10(2)30-20(37-18)11-4-6-12(7-5-11)23(27,28)29)34-17-9-16(35-21(25)26)13(8-14(17)24)19-31-22(33)36-32-19/h4-9,15,21H,3H2,1-2H3,(H,31,32,33). The first-order valence-corrected chi connectivity index (χ1v) is 11.4. The number of aromatic amines is 1. The summed E-state index contributed by atoms with van der Waals surface area (Å²) < 4.78 is 94.2. The Morgan fingerprint density at radius 3 is 2.38 bits per heavy atom. The molecule has 0 spiro atoms. The predicted octanol–water partition coefficient (Wildman–Crippen LogP) is 6.75. The highest BCUT2D eigenvalue weighted by Gasteiger charge is 2.30. The first-order valence-electron chi connectivity index (χ1n) is 10.6. The number of thiazole rings is 1. The van der Waals surface area contributed by atoms with Crippen LogP contribution in [0.3, 0.4) is 0 Å². The summed E-state index contributed by atoms with van der Waals surface area (Å²) in [5.41, 5.74) is -0.127. The van der Waals surface area contributed by atoms with E-state index in [9.17, 15) is 31.1 Å². The fourth-order valence-corrected chi connectivity index (χ4v) is 4.64. The zero-order chi connectivity index (χ0) is 26.9. The highest BCUT2D eigenvalue weighted by molar-refractivity contribution is 7.15. The summed E-state index contributed by atoms with van der Waals surface area (Å²) >= 11 is 1.15. The van der Waals surface area contributed by atoms with Crippen LogP contribution in [0.5, 0.6) is 11.5 Å². The van der Waals surface area contributed by atoms with E-state index in [-0.39, 0.29) is 11.4 Å². The molecule has 4 rings (SSSR count). The number of rotatable bonds is 8. The van der Waals surface area contributed by atoms with E-state index in [0.29, 0.717) is 27.6 Å². The molecule has 0 fully saturated rings. The highest BCUT2D eigenvalue weighted by atomic mass is 32.1. The average Bonchev–Trinajstić information content (AvgIpc) is 3.44. The van der Waals surface area contributed by atoms with E-state index in [1.807, 2.05) is 0 Å². The van der Waals surface area contributed by atoms with Crippen molar-refractivity contribution in [3.05, 3.63) is 68.9 Å². The molecule has 196 valence electrons. The van der Waals surface area contributed by atoms with E-state index < -0.39 is 47.5 Å². The lowest BCUT2D eigenvalue weighted by Crippen LogP contribution is -2.09. The van der Waals surface area contributed by atoms with Crippen molar-refractivity contribution in [1.82, 2.24) is 15.1 Å². The monoisotopic (exact) mass is 545 g/mol. The summed E-state index contributed by atoms with van der Waals surface area (Å²) in [4.78, 5) is 18.3. The number of hydrogen-bond acceptors (Lipinski definition) is 7. The second-order valence-corrected chi connectivity index (χ2v) is 8.69. The molecule has 1 unspecified atom stereocenters. The Bertz CT molecular complexity index is 1450. The lowest BCUT2D eigenvalue weighted by Gasteiger charge is -2.19. The van der Waals surface area contributed by atoms with Crippen LogP contribution in [0.1, 0.15) is 35.6 Å². The van der Waals surface area contributed by atoms with E-state index in [1.165, 1.54) is 12.1 Å². The van der Waals surface area contributed by atoms with E-state index in [1.54, 1.807) is 13.8 Å². The number of aromatic nitrogens is 3. The molecule has 2 aromatic carbocycles. The molecule has 0 amide bonds. The van der Waals surface area contributed by atoms with Gasteiger partial charge >= 0.3 is 18.5 Å². The van der Waals surface area contributed by atoms with Gasteiger partial charge in [0.15, 0.2) is 17.4 Å². The van der Waals surface area contributed by atoms with Crippen molar-refractivity contribution >= 4 is 11.3 Å². The molecule has 1 N–H and O–H groups in total. The van der Waals surface area contributed by atoms with Crippen molar-refractivity contribution in [2.45, 2.75) is 39.2 Å². The zero-order valence-electron chi connectivity index (χ0n) is 19.0. The van der Waals surface area contributed by atoms with Gasteiger partial charge in [-0.15, -0.1) is 11.3 Å². The number of nitrogens with one attached hydrogen (secondary N) is 1. The predicted molar refractivity (Wildman–Crippen MR) is 120 cm³/mol. The number of alkyl halides is 5. The van der Waals surface area contributed by atoms with E-state index in [2.05, 4.69) is 24.4 Å². The van der Waals surface area contributed by atoms with Crippen LogP contribution in [0, 0.1) is 12.7 Å². The Kier molecular flexibility index (Phi) is 7.30. The quantitative estimate of drug-likeness (QED) is 0.246. The topological polar surface area (TPSA) is 90.2 Å². The van der Waals surface area contributed by atoms with Crippen LogP contribution >= 0.6 is 11.3 Å². The Morgan fingerprint density at radius 1 is 1.11 bits per heavy atom. The van der Waals surface area contributed by atoms with Crippen molar-refractivity contribution < 1.29 is 40.3 Å². The minimum Gasteiger partial charge on any atom is -0.482 e. The van der Waals surface area contributed by atoms with Crippen LogP contribution in [-0.2, 0) is 6.18 Å². The molecule has 2 aromatic heterocycles. The molecule has 0 aliphatic carbocycles. The Labute approximate surface area is 208 Å². The lowest BCUT2D eigenvalue weighted by atomic mass is 10.1. The molecule has 2 heterocycles. The van der Waals surface area contributed by atoms with Crippen LogP contribution in [0.25, 0.3) is 22.0 Å². The molecular weight excluding hydrogens is 528 g/mol. The van der Waals surface area contributed by atoms with Crippen LogP contribution in [0.15, 0.2) is 45.7 Å². The largest absolute Gasteiger partial charge is 0.482 e. The van der Waals surface area contributed by atoms with Gasteiger partial charge in [-0.3, -0.25) is 9.51 Å². The summed E-state index contributed by atoms with van der Waals surface area (Å²) in [5, 5.41) is 3.79. The minimum atomic E-state index is -4.47. The van der Waals surface area contributed by atoms with E-state index in [4.69, 9.17) is 4.74 Å². The number of nitrogens with zero attached hydrogens (tertiary/aromatic N) is 2. The normalized spacial score (nSPS) is 12.7. The first kappa shape index (κ1) is 26.3. The molecule has 7 nitrogen and oxygen atoms in total. The number of H-pyrrole nitrogens is 1. The third-order valence-electron chi connectivity index (χ3n) is 5.17. The van der Waals surface area contributed by atoms with Gasteiger partial charge in [0.2, 0.25) is 0 Å². The van der Waals surface area contributed by atoms with Crippen molar-refractivity contribution in [2.75, 3.05) is 0 Å². The first-order chi connectivity index (χ1) is 17.5. The number of ether oxygens (including phenoxy) is 2. The van der Waals surface area contributed by atoms with Gasteiger partial charge in [0.1, 0.15) is 16.9 Å². The van der Waals surface area contributed by atoms with Gasteiger partial charge in [-0.05, 0) is 31.5 Å². The third-order valence-corrected chi connectivity index (χ3v) is 6.47. The summed E-state index contributed by atoms with van der Waals surface area (Å²) in [6, 6.07) is 6.20. The molecule has 1 atom stereocenters. The van der Waals surface area contributed by atoms with Gasteiger partial charge in [-0.1, -0.05) is 24.2 Å². The highest BCUT2D eigenvalue weighted by Crippen LogP contribution is 2.40. The molecule has 37 heavy (non-hydrogen) atoms. The molecule has 14 heteroatoms. The van der Waals surface area contributed by atoms with E-state index >= 15 is 0 Å². The number of hydrogen-bond donors (Lipinski definition) is 1. The Hall–Kier alpha value is -3.81. The summed E-state index contributed by atoms with van der Waals surface area (Å²) in [7, 11) is 0. The van der Waals surface area contributed by atoms with Crippen molar-refractivity contribution in [3.63, 3.8) is 0 Å². The van der Waals surface area contributed by atoms with Gasteiger partial charge in [0, 0.05) is 11.6 Å². The lowest BCUT2D eigenvalue weighted by molar-refractivity contribution is -0.137. The van der Waals surface area contributed by atoms with Gasteiger partial charge in [0.05, 0.1) is 21.7 Å². The maximum absolute atomic E-state index is 15.0. The molecule has 4 aromatic rings. The molecular formula is C23H17F6N3O4S. The van der Waals surface area contributed by atoms with Crippen molar-refractivity contribution in [3.8, 4) is 33.5 Å². The molecule has 0 saturated heterocycles. The second kappa shape index (κ2) is 10.3. The van der Waals surface area contributed by atoms with Crippen molar-refractivity contribution in [1.29, 1.82) is 0 Å². The Morgan fingerprint density at radius 2 is 1.81 bits per heavy atom. The van der Waals surface area contributed by atoms with Gasteiger partial charge in [-0.2, -0.15) is 22.0 Å². The fourth-order valence-electron chi connectivity index (χ4n) is 3.46. The minimum absolute atomic E-state index is 0.289. The van der Waals surface area contributed by atoms with Crippen LogP contribution in [0.4, 0.5) is 26.3 Å². The van der Waals surface area contributed by atoms with Crippen LogP contribution in [0.2, 0.25) is 0 Å². The van der Waals surface area contributed by atoms with Crippen LogP contribution < -0.4 is 15.2 Å². The van der Waals surface area contributed by atoms with Crippen LogP contribution in [-0.4, -0.2) is 21.7 Å². The zero-order valence-corrected chi connectivity index (χ0v) is 19.8. The SMILES string of the molecule is CCC(Oc1cc(OC(F)F)c(-c2noc(=O)[nH]2)cc1F)c1sc(-c2ccc(C(F)(F)F)cc2)nc1C. The van der Waals surface area contributed by atoms with E-state index in [0.717, 1.165) is 35.6 Å². The summed E-state index contributed by atoms with van der Waals surface area (Å²) in [5.74, 6) is -3.19. The van der Waals surface area contributed by atoms with Crippen molar-refractivity contribution in [2.24, 2.45) is 0 Å². The van der Waals surface area contributed by atoms with Gasteiger partial charge < -0.3 is 9.47 Å². The number of halogens is 6. The smallest absolute Gasteiger partial charge is 0.439 e. The third kappa shape index (κ3) is 5.79.